The molecule has 7 heteroatoms. The third-order valence-corrected chi connectivity index (χ3v) is 3.76. The molecule has 2 N–H and O–H groups in total. The summed E-state index contributed by atoms with van der Waals surface area (Å²) >= 11 is 1.22. The van der Waals surface area contributed by atoms with Gasteiger partial charge in [-0.1, -0.05) is 13.8 Å². The summed E-state index contributed by atoms with van der Waals surface area (Å²) < 4.78 is 4.97. The quantitative estimate of drug-likeness (QED) is 0.802. The Morgan fingerprint density at radius 1 is 1.45 bits per heavy atom. The van der Waals surface area contributed by atoms with Crippen LogP contribution < -0.4 is 5.32 Å². The molecule has 0 aliphatic carbocycles. The van der Waals surface area contributed by atoms with Crippen LogP contribution in [0, 0.1) is 12.8 Å². The van der Waals surface area contributed by atoms with E-state index in [1.165, 1.54) is 11.3 Å². The van der Waals surface area contributed by atoms with Crippen molar-refractivity contribution in [2.75, 3.05) is 7.11 Å². The molecule has 1 heterocycles. The maximum atomic E-state index is 12.1. The zero-order chi connectivity index (χ0) is 15.3. The highest BCUT2D eigenvalue weighted by atomic mass is 32.1. The van der Waals surface area contributed by atoms with Crippen LogP contribution in [0.4, 0.5) is 0 Å². The normalized spacial score (nSPS) is 12.4. The zero-order valence-corrected chi connectivity index (χ0v) is 12.9. The molecule has 1 amide bonds. The van der Waals surface area contributed by atoms with Gasteiger partial charge >= 0.3 is 5.97 Å². The molecular weight excluding hydrogens is 280 g/mol. The van der Waals surface area contributed by atoms with Crippen LogP contribution in [-0.4, -0.2) is 35.1 Å². The van der Waals surface area contributed by atoms with Gasteiger partial charge < -0.3 is 15.2 Å². The van der Waals surface area contributed by atoms with Crippen LogP contribution in [0.1, 0.15) is 40.6 Å². The number of carboxylic acid groups (broad SMARTS) is 1. The molecule has 6 nitrogen and oxygen atoms in total. The fourth-order valence-electron chi connectivity index (χ4n) is 1.76. The molecule has 0 unspecified atom stereocenters. The largest absolute Gasteiger partial charge is 0.480 e. The molecule has 0 aliphatic heterocycles. The Morgan fingerprint density at radius 2 is 2.10 bits per heavy atom. The molecule has 0 aromatic carbocycles. The zero-order valence-electron chi connectivity index (χ0n) is 12.1. The minimum Gasteiger partial charge on any atom is -0.480 e. The van der Waals surface area contributed by atoms with Gasteiger partial charge in [0.2, 0.25) is 0 Å². The Morgan fingerprint density at radius 3 is 2.60 bits per heavy atom. The van der Waals surface area contributed by atoms with Gasteiger partial charge in [0.15, 0.2) is 0 Å². The van der Waals surface area contributed by atoms with Gasteiger partial charge in [0, 0.05) is 7.11 Å². The number of carbonyl (C=O) groups is 2. The third kappa shape index (κ3) is 4.57. The van der Waals surface area contributed by atoms with Gasteiger partial charge in [0.25, 0.3) is 5.91 Å². The van der Waals surface area contributed by atoms with Crippen molar-refractivity contribution in [1.82, 2.24) is 10.3 Å². The van der Waals surface area contributed by atoms with Crippen LogP contribution >= 0.6 is 11.3 Å². The topological polar surface area (TPSA) is 88.5 Å². The number of aryl methyl sites for hydroxylation is 1. The summed E-state index contributed by atoms with van der Waals surface area (Å²) in [6, 6.07) is -0.880. The number of nitrogens with one attached hydrogen (secondary N) is 1. The van der Waals surface area contributed by atoms with Gasteiger partial charge in [-0.15, -0.1) is 11.3 Å². The standard InChI is InChI=1S/C13H20N2O4S/c1-7(2)5-9(13(17)18)15-12(16)11-8(3)14-10(20-11)6-19-4/h7,9H,5-6H2,1-4H3,(H,15,16)(H,17,18)/t9-/m1/s1. The number of hydrogen-bond acceptors (Lipinski definition) is 5. The minimum absolute atomic E-state index is 0.183. The summed E-state index contributed by atoms with van der Waals surface area (Å²) in [5.74, 6) is -1.23. The second kappa shape index (κ2) is 7.35. The average Bonchev–Trinajstić information content (AvgIpc) is 2.69. The van der Waals surface area contributed by atoms with Crippen LogP contribution in [0.5, 0.6) is 0 Å². The Balaban J connectivity index is 2.80. The first-order valence-electron chi connectivity index (χ1n) is 6.34. The summed E-state index contributed by atoms with van der Waals surface area (Å²) in [4.78, 5) is 27.9. The van der Waals surface area contributed by atoms with Crippen LogP contribution in [-0.2, 0) is 16.1 Å². The van der Waals surface area contributed by atoms with Gasteiger partial charge in [-0.3, -0.25) is 4.79 Å². The summed E-state index contributed by atoms with van der Waals surface area (Å²) in [5.41, 5.74) is 0.591. The van der Waals surface area contributed by atoms with Gasteiger partial charge in [-0.25, -0.2) is 9.78 Å². The second-order valence-corrected chi connectivity index (χ2v) is 6.03. The lowest BCUT2D eigenvalue weighted by atomic mass is 10.0. The summed E-state index contributed by atoms with van der Waals surface area (Å²) in [5, 5.41) is 12.4. The van der Waals surface area contributed by atoms with Gasteiger partial charge in [-0.2, -0.15) is 0 Å². The maximum Gasteiger partial charge on any atom is 0.326 e. The van der Waals surface area contributed by atoms with E-state index in [0.717, 1.165) is 0 Å². The van der Waals surface area contributed by atoms with Crippen molar-refractivity contribution in [2.24, 2.45) is 5.92 Å². The number of aliphatic carboxylic acids is 1. The van der Waals surface area contributed by atoms with Crippen molar-refractivity contribution in [3.8, 4) is 0 Å². The van der Waals surface area contributed by atoms with Crippen molar-refractivity contribution in [3.05, 3.63) is 15.6 Å². The van der Waals surface area contributed by atoms with Crippen molar-refractivity contribution in [1.29, 1.82) is 0 Å². The number of rotatable bonds is 7. The molecule has 0 bridgehead atoms. The molecule has 1 atom stereocenters. The average molecular weight is 300 g/mol. The Labute approximate surface area is 122 Å². The number of carbonyl (C=O) groups excluding carboxylic acids is 1. The van der Waals surface area contributed by atoms with E-state index in [9.17, 15) is 9.59 Å². The first-order valence-corrected chi connectivity index (χ1v) is 7.15. The molecule has 20 heavy (non-hydrogen) atoms. The number of hydrogen-bond donors (Lipinski definition) is 2. The highest BCUT2D eigenvalue weighted by Gasteiger charge is 2.24. The predicted molar refractivity (Wildman–Crippen MR) is 75.9 cm³/mol. The summed E-state index contributed by atoms with van der Waals surface area (Å²) in [6.07, 6.45) is 0.393. The summed E-state index contributed by atoms with van der Waals surface area (Å²) in [7, 11) is 1.56. The lowest BCUT2D eigenvalue weighted by molar-refractivity contribution is -0.139. The SMILES string of the molecule is COCc1nc(C)c(C(=O)N[C@H](CC(C)C)C(=O)O)s1. The Bertz CT molecular complexity index is 485. The van der Waals surface area contributed by atoms with E-state index >= 15 is 0 Å². The highest BCUT2D eigenvalue weighted by Crippen LogP contribution is 2.19. The molecule has 0 saturated carbocycles. The number of carboxylic acids is 1. The van der Waals surface area contributed by atoms with Crippen LogP contribution in [0.25, 0.3) is 0 Å². The molecule has 1 aromatic heterocycles. The second-order valence-electron chi connectivity index (χ2n) is 4.95. The Kier molecular flexibility index (Phi) is 6.09. The van der Waals surface area contributed by atoms with Crippen molar-refractivity contribution in [2.45, 2.75) is 39.8 Å². The van der Waals surface area contributed by atoms with Crippen LogP contribution in [0.2, 0.25) is 0 Å². The first kappa shape index (κ1) is 16.6. The van der Waals surface area contributed by atoms with E-state index in [1.54, 1.807) is 14.0 Å². The number of thiazole rings is 1. The molecule has 0 radical (unpaired) electrons. The number of methoxy groups -OCH3 is 1. The smallest absolute Gasteiger partial charge is 0.326 e. The monoisotopic (exact) mass is 300 g/mol. The lowest BCUT2D eigenvalue weighted by Gasteiger charge is -2.15. The van der Waals surface area contributed by atoms with E-state index in [1.807, 2.05) is 13.8 Å². The van der Waals surface area contributed by atoms with Gasteiger partial charge in [0.05, 0.1) is 12.3 Å². The maximum absolute atomic E-state index is 12.1. The molecule has 1 aromatic rings. The van der Waals surface area contributed by atoms with Crippen LogP contribution in [0.3, 0.4) is 0 Å². The van der Waals surface area contributed by atoms with E-state index in [4.69, 9.17) is 9.84 Å². The summed E-state index contributed by atoms with van der Waals surface area (Å²) in [6.45, 7) is 5.89. The molecule has 0 saturated heterocycles. The molecule has 0 fully saturated rings. The number of nitrogens with zero attached hydrogens (tertiary/aromatic N) is 1. The highest BCUT2D eigenvalue weighted by molar-refractivity contribution is 7.13. The van der Waals surface area contributed by atoms with Crippen molar-refractivity contribution in [3.63, 3.8) is 0 Å². The molecule has 112 valence electrons. The molecule has 0 spiro atoms. The fraction of sp³-hybridized carbons (Fsp3) is 0.615. The Hall–Kier alpha value is -1.47. The molecular formula is C13H20N2O4S. The molecule has 0 aliphatic rings. The van der Waals surface area contributed by atoms with Gasteiger partial charge in [-0.05, 0) is 19.3 Å². The lowest BCUT2D eigenvalue weighted by Crippen LogP contribution is -2.41. The fourth-order valence-corrected chi connectivity index (χ4v) is 2.70. The van der Waals surface area contributed by atoms with Crippen LogP contribution in [0.15, 0.2) is 0 Å². The van der Waals surface area contributed by atoms with E-state index in [0.29, 0.717) is 28.6 Å². The first-order chi connectivity index (χ1) is 9.35. The molecule has 1 rings (SSSR count). The van der Waals surface area contributed by atoms with Gasteiger partial charge in [0.1, 0.15) is 15.9 Å². The van der Waals surface area contributed by atoms with E-state index < -0.39 is 17.9 Å². The predicted octanol–water partition coefficient (Wildman–Crippen LogP) is 1.83. The number of aromatic nitrogens is 1. The van der Waals surface area contributed by atoms with Crippen molar-refractivity contribution >= 4 is 23.2 Å². The minimum atomic E-state index is -1.02. The number of amides is 1. The van der Waals surface area contributed by atoms with E-state index in [2.05, 4.69) is 10.3 Å². The van der Waals surface area contributed by atoms with E-state index in [-0.39, 0.29) is 5.92 Å². The third-order valence-electron chi connectivity index (χ3n) is 2.63. The van der Waals surface area contributed by atoms with Crippen molar-refractivity contribution < 1.29 is 19.4 Å². The number of ether oxygens (including phenoxy) is 1.